The number of hydrogen-bond donors (Lipinski definition) is 2. The Morgan fingerprint density at radius 3 is 2.38 bits per heavy atom. The van der Waals surface area contributed by atoms with Crippen molar-refractivity contribution in [3.05, 3.63) is 75.9 Å². The molecule has 0 radical (unpaired) electrons. The Morgan fingerprint density at radius 2 is 1.72 bits per heavy atom. The Bertz CT molecular complexity index is 1240. The molecule has 0 aliphatic carbocycles. The van der Waals surface area contributed by atoms with E-state index in [0.717, 1.165) is 34.0 Å². The van der Waals surface area contributed by atoms with Gasteiger partial charge in [-0.05, 0) is 38.1 Å². The molecule has 162 valence electrons. The summed E-state index contributed by atoms with van der Waals surface area (Å²) in [5.74, 6) is -0.311. The predicted molar refractivity (Wildman–Crippen MR) is 125 cm³/mol. The molecule has 1 amide bonds. The van der Waals surface area contributed by atoms with E-state index in [9.17, 15) is 9.59 Å². The van der Waals surface area contributed by atoms with Crippen molar-refractivity contribution in [1.29, 1.82) is 0 Å². The molecule has 0 bridgehead atoms. The molecule has 2 aromatic heterocycles. The second-order valence-electron chi connectivity index (χ2n) is 7.04. The van der Waals surface area contributed by atoms with Gasteiger partial charge in [0.25, 0.3) is 5.91 Å². The molecular formula is C23H19ClN4O3S. The third-order valence-electron chi connectivity index (χ3n) is 4.75. The standard InChI is InChI=1S/C23H19ClN4O3S/c1-13-14(2)26-21(25-13)16-3-5-17(6-4-16)22(30)31-11-20(29)28-23-27-19(12-32-23)15-7-9-18(24)10-8-15/h3-10,12H,11H2,1-2H3,(H,25,26)(H,27,28,29). The molecule has 2 N–H and O–H groups in total. The zero-order chi connectivity index (χ0) is 22.7. The van der Waals surface area contributed by atoms with Crippen LogP contribution in [0.15, 0.2) is 53.9 Å². The molecule has 9 heteroatoms. The average molecular weight is 467 g/mol. The van der Waals surface area contributed by atoms with E-state index in [1.165, 1.54) is 11.3 Å². The van der Waals surface area contributed by atoms with Crippen molar-refractivity contribution in [2.24, 2.45) is 0 Å². The number of H-pyrrole nitrogens is 1. The van der Waals surface area contributed by atoms with Gasteiger partial charge in [-0.25, -0.2) is 14.8 Å². The van der Waals surface area contributed by atoms with E-state index < -0.39 is 18.5 Å². The number of imidazole rings is 1. The maximum Gasteiger partial charge on any atom is 0.338 e. The van der Waals surface area contributed by atoms with Gasteiger partial charge >= 0.3 is 5.97 Å². The lowest BCUT2D eigenvalue weighted by molar-refractivity contribution is -0.119. The van der Waals surface area contributed by atoms with Crippen LogP contribution < -0.4 is 5.32 Å². The monoisotopic (exact) mass is 466 g/mol. The van der Waals surface area contributed by atoms with Gasteiger partial charge in [0.1, 0.15) is 5.82 Å². The van der Waals surface area contributed by atoms with E-state index in [-0.39, 0.29) is 0 Å². The summed E-state index contributed by atoms with van der Waals surface area (Å²) in [7, 11) is 0. The molecule has 32 heavy (non-hydrogen) atoms. The molecule has 0 unspecified atom stereocenters. The number of benzene rings is 2. The zero-order valence-electron chi connectivity index (χ0n) is 17.3. The van der Waals surface area contributed by atoms with Crippen molar-refractivity contribution in [3.8, 4) is 22.6 Å². The minimum atomic E-state index is -0.584. The molecule has 0 aliphatic heterocycles. The van der Waals surface area contributed by atoms with Crippen LogP contribution in [0, 0.1) is 13.8 Å². The number of rotatable bonds is 6. The number of carbonyl (C=O) groups excluding carboxylic acids is 2. The number of halogens is 1. The first-order valence-corrected chi connectivity index (χ1v) is 11.0. The van der Waals surface area contributed by atoms with Gasteiger partial charge in [0.05, 0.1) is 17.0 Å². The number of esters is 1. The van der Waals surface area contributed by atoms with Crippen LogP contribution in [0.3, 0.4) is 0 Å². The highest BCUT2D eigenvalue weighted by atomic mass is 35.5. The van der Waals surface area contributed by atoms with E-state index in [0.29, 0.717) is 15.7 Å². The number of carbonyl (C=O) groups is 2. The van der Waals surface area contributed by atoms with Crippen molar-refractivity contribution < 1.29 is 14.3 Å². The number of amides is 1. The Kier molecular flexibility index (Phi) is 6.34. The van der Waals surface area contributed by atoms with Gasteiger partial charge in [0.15, 0.2) is 11.7 Å². The van der Waals surface area contributed by atoms with E-state index in [1.807, 2.05) is 31.4 Å². The van der Waals surface area contributed by atoms with E-state index >= 15 is 0 Å². The van der Waals surface area contributed by atoms with Crippen molar-refractivity contribution in [2.45, 2.75) is 13.8 Å². The number of anilines is 1. The molecule has 0 saturated carbocycles. The quantitative estimate of drug-likeness (QED) is 0.377. The predicted octanol–water partition coefficient (Wildman–Crippen LogP) is 5.27. The molecule has 0 saturated heterocycles. The summed E-state index contributed by atoms with van der Waals surface area (Å²) in [5.41, 5.74) is 4.74. The maximum absolute atomic E-state index is 12.3. The normalized spacial score (nSPS) is 10.7. The number of ether oxygens (including phenoxy) is 1. The largest absolute Gasteiger partial charge is 0.452 e. The van der Waals surface area contributed by atoms with Crippen LogP contribution in [-0.2, 0) is 9.53 Å². The Balaban J connectivity index is 1.31. The summed E-state index contributed by atoms with van der Waals surface area (Å²) in [5, 5.41) is 5.53. The molecule has 2 aromatic carbocycles. The fraction of sp³-hybridized carbons (Fsp3) is 0.130. The van der Waals surface area contributed by atoms with Crippen LogP contribution in [0.4, 0.5) is 5.13 Å². The van der Waals surface area contributed by atoms with Crippen LogP contribution in [0.5, 0.6) is 0 Å². The fourth-order valence-corrected chi connectivity index (χ4v) is 3.76. The number of aromatic amines is 1. The number of thiazole rings is 1. The first-order valence-electron chi connectivity index (χ1n) is 9.71. The number of hydrogen-bond acceptors (Lipinski definition) is 6. The molecule has 4 rings (SSSR count). The van der Waals surface area contributed by atoms with Gasteiger partial charge in [0, 0.05) is 27.2 Å². The van der Waals surface area contributed by atoms with E-state index in [2.05, 4.69) is 20.3 Å². The lowest BCUT2D eigenvalue weighted by Gasteiger charge is -2.05. The molecule has 0 fully saturated rings. The fourth-order valence-electron chi connectivity index (χ4n) is 2.90. The third-order valence-corrected chi connectivity index (χ3v) is 5.76. The lowest BCUT2D eigenvalue weighted by atomic mass is 10.1. The molecule has 2 heterocycles. The van der Waals surface area contributed by atoms with E-state index in [1.54, 1.807) is 36.4 Å². The first-order chi connectivity index (χ1) is 15.4. The SMILES string of the molecule is Cc1nc(-c2ccc(C(=O)OCC(=O)Nc3nc(-c4ccc(Cl)cc4)cs3)cc2)[nH]c1C. The topological polar surface area (TPSA) is 97.0 Å². The third kappa shape index (κ3) is 5.04. The van der Waals surface area contributed by atoms with Crippen LogP contribution in [-0.4, -0.2) is 33.4 Å². The average Bonchev–Trinajstić information content (AvgIpc) is 3.39. The molecule has 0 spiro atoms. The number of nitrogens with one attached hydrogen (secondary N) is 2. The van der Waals surface area contributed by atoms with Gasteiger partial charge in [0.2, 0.25) is 0 Å². The highest BCUT2D eigenvalue weighted by molar-refractivity contribution is 7.14. The summed E-state index contributed by atoms with van der Waals surface area (Å²) in [6.07, 6.45) is 0. The zero-order valence-corrected chi connectivity index (χ0v) is 18.9. The van der Waals surface area contributed by atoms with Crippen molar-refractivity contribution in [3.63, 3.8) is 0 Å². The Labute approximate surface area is 193 Å². The number of aromatic nitrogens is 3. The van der Waals surface area contributed by atoms with Gasteiger partial charge in [-0.3, -0.25) is 10.1 Å². The second kappa shape index (κ2) is 9.33. The summed E-state index contributed by atoms with van der Waals surface area (Å²) >= 11 is 7.18. The van der Waals surface area contributed by atoms with Crippen molar-refractivity contribution in [2.75, 3.05) is 11.9 Å². The van der Waals surface area contributed by atoms with Gasteiger partial charge in [-0.2, -0.15) is 0 Å². The molecule has 0 atom stereocenters. The lowest BCUT2D eigenvalue weighted by Crippen LogP contribution is -2.20. The van der Waals surface area contributed by atoms with Gasteiger partial charge in [-0.15, -0.1) is 11.3 Å². The minimum Gasteiger partial charge on any atom is -0.452 e. The second-order valence-corrected chi connectivity index (χ2v) is 8.34. The summed E-state index contributed by atoms with van der Waals surface area (Å²) < 4.78 is 5.12. The molecule has 0 aliphatic rings. The summed E-state index contributed by atoms with van der Waals surface area (Å²) in [4.78, 5) is 36.5. The Hall–Kier alpha value is -3.49. The highest BCUT2D eigenvalue weighted by Gasteiger charge is 2.13. The van der Waals surface area contributed by atoms with Crippen molar-refractivity contribution in [1.82, 2.24) is 15.0 Å². The smallest absolute Gasteiger partial charge is 0.338 e. The van der Waals surface area contributed by atoms with Gasteiger partial charge < -0.3 is 9.72 Å². The molecule has 4 aromatic rings. The van der Waals surface area contributed by atoms with Crippen LogP contribution in [0.2, 0.25) is 5.02 Å². The number of nitrogens with zero attached hydrogens (tertiary/aromatic N) is 2. The van der Waals surface area contributed by atoms with Crippen molar-refractivity contribution >= 4 is 39.9 Å². The molecule has 7 nitrogen and oxygen atoms in total. The van der Waals surface area contributed by atoms with Crippen LogP contribution in [0.1, 0.15) is 21.7 Å². The minimum absolute atomic E-state index is 0.348. The summed E-state index contributed by atoms with van der Waals surface area (Å²) in [6, 6.07) is 14.1. The Morgan fingerprint density at radius 1 is 1.03 bits per heavy atom. The summed E-state index contributed by atoms with van der Waals surface area (Å²) in [6.45, 7) is 3.47. The first kappa shape index (κ1) is 21.7. The van der Waals surface area contributed by atoms with Gasteiger partial charge in [-0.1, -0.05) is 35.9 Å². The maximum atomic E-state index is 12.3. The van der Waals surface area contributed by atoms with E-state index in [4.69, 9.17) is 16.3 Å². The highest BCUT2D eigenvalue weighted by Crippen LogP contribution is 2.26. The molecular weight excluding hydrogens is 448 g/mol. The van der Waals surface area contributed by atoms with Crippen LogP contribution >= 0.6 is 22.9 Å². The number of aryl methyl sites for hydroxylation is 2. The van der Waals surface area contributed by atoms with Crippen LogP contribution in [0.25, 0.3) is 22.6 Å².